The maximum atomic E-state index is 12.0. The predicted octanol–water partition coefficient (Wildman–Crippen LogP) is 2.31. The summed E-state index contributed by atoms with van der Waals surface area (Å²) in [4.78, 5) is 12.3. The monoisotopic (exact) mass is 399 g/mol. The minimum atomic E-state index is -3.19. The highest BCUT2D eigenvalue weighted by Gasteiger charge is 2.29. The second-order valence-corrected chi connectivity index (χ2v) is 9.42. The minimum absolute atomic E-state index is 0.0856. The minimum Gasteiger partial charge on any atom is -0.365 e. The van der Waals surface area contributed by atoms with Gasteiger partial charge >= 0.3 is 0 Å². The molecule has 1 aliphatic carbocycles. The van der Waals surface area contributed by atoms with Crippen LogP contribution in [-0.4, -0.2) is 29.9 Å². The van der Waals surface area contributed by atoms with Gasteiger partial charge in [-0.15, -0.1) is 0 Å². The first-order valence-corrected chi connectivity index (χ1v) is 11.0. The second-order valence-electron chi connectivity index (χ2n) is 7.34. The highest BCUT2D eigenvalue weighted by Crippen LogP contribution is 2.35. The lowest BCUT2D eigenvalue weighted by Crippen LogP contribution is -2.22. The molecular weight excluding hydrogens is 378 g/mol. The Hall–Kier alpha value is -2.86. The van der Waals surface area contributed by atoms with Gasteiger partial charge in [-0.25, -0.2) is 8.42 Å². The van der Waals surface area contributed by atoms with Gasteiger partial charge in [0.15, 0.2) is 15.7 Å². The molecule has 1 aromatic carbocycles. The Balaban J connectivity index is 1.66. The van der Waals surface area contributed by atoms with E-state index in [1.807, 2.05) is 0 Å². The number of carbonyl (C=O) groups is 1. The van der Waals surface area contributed by atoms with Crippen molar-refractivity contribution in [1.82, 2.24) is 9.78 Å². The number of aromatic nitrogens is 2. The zero-order chi connectivity index (χ0) is 19.9. The Morgan fingerprint density at radius 3 is 2.86 bits per heavy atom. The standard InChI is InChI=1S/C19H21N5O3S/c20-10-13-3-1-2-4-16(13)24-11-15(18(21)25)19(23-24)22-14-5-6-17-12(9-14)7-8-28(17,26)27/h5-6,9,11,13,16H,1-4,7-8H2,(H2,21,25)(H,22,23)/t13-,16+/m1/s1. The van der Waals surface area contributed by atoms with Crippen molar-refractivity contribution in [3.05, 3.63) is 35.5 Å². The van der Waals surface area contributed by atoms with Gasteiger partial charge in [0.2, 0.25) is 0 Å². The van der Waals surface area contributed by atoms with Gasteiger partial charge < -0.3 is 11.1 Å². The van der Waals surface area contributed by atoms with E-state index in [-0.39, 0.29) is 23.3 Å². The van der Waals surface area contributed by atoms with Gasteiger partial charge in [-0.1, -0.05) is 12.8 Å². The molecule has 2 aliphatic rings. The number of nitrogens with one attached hydrogen (secondary N) is 1. The summed E-state index contributed by atoms with van der Waals surface area (Å²) in [6, 6.07) is 7.26. The molecule has 2 heterocycles. The second kappa shape index (κ2) is 6.95. The Bertz CT molecular complexity index is 1080. The number of nitriles is 1. The Morgan fingerprint density at radius 1 is 1.32 bits per heavy atom. The average Bonchev–Trinajstić information content (AvgIpc) is 3.23. The summed E-state index contributed by atoms with van der Waals surface area (Å²) in [6.45, 7) is 0. The van der Waals surface area contributed by atoms with Crippen molar-refractivity contribution >= 4 is 27.2 Å². The molecule has 1 saturated carbocycles. The number of nitrogens with zero attached hydrogens (tertiary/aromatic N) is 3. The van der Waals surface area contributed by atoms with Crippen LogP contribution in [0.1, 0.15) is 47.6 Å². The molecule has 0 radical (unpaired) electrons. The van der Waals surface area contributed by atoms with Gasteiger partial charge in [0.1, 0.15) is 5.56 Å². The number of nitrogens with two attached hydrogens (primary N) is 1. The van der Waals surface area contributed by atoms with Crippen molar-refractivity contribution in [2.24, 2.45) is 11.7 Å². The number of hydrogen-bond acceptors (Lipinski definition) is 6. The smallest absolute Gasteiger partial charge is 0.254 e. The SMILES string of the molecule is N#C[C@H]1CCCC[C@@H]1n1cc(C(N)=O)c(Nc2ccc3c(c2)CCS3(=O)=O)n1. The normalized spacial score (nSPS) is 23.0. The summed E-state index contributed by atoms with van der Waals surface area (Å²) in [6.07, 6.45) is 5.74. The van der Waals surface area contributed by atoms with Crippen molar-refractivity contribution in [3.8, 4) is 6.07 Å². The van der Waals surface area contributed by atoms with E-state index in [4.69, 9.17) is 5.73 Å². The van der Waals surface area contributed by atoms with Crippen LogP contribution in [0, 0.1) is 17.2 Å². The lowest BCUT2D eigenvalue weighted by atomic mass is 9.85. The maximum absolute atomic E-state index is 12.0. The van der Waals surface area contributed by atoms with Crippen LogP contribution < -0.4 is 11.1 Å². The van der Waals surface area contributed by atoms with Crippen LogP contribution in [0.4, 0.5) is 11.5 Å². The molecule has 9 heteroatoms. The van der Waals surface area contributed by atoms with Gasteiger partial charge in [0.25, 0.3) is 5.91 Å². The molecule has 146 valence electrons. The molecular formula is C19H21N5O3S. The number of fused-ring (bicyclic) bond motifs is 1. The van der Waals surface area contributed by atoms with Crippen LogP contribution in [0.5, 0.6) is 0 Å². The van der Waals surface area contributed by atoms with E-state index in [9.17, 15) is 18.5 Å². The molecule has 0 spiro atoms. The number of amides is 1. The lowest BCUT2D eigenvalue weighted by molar-refractivity contribution is 0.100. The van der Waals surface area contributed by atoms with E-state index < -0.39 is 15.7 Å². The number of primary amides is 1. The van der Waals surface area contributed by atoms with Crippen LogP contribution >= 0.6 is 0 Å². The molecule has 0 unspecified atom stereocenters. The highest BCUT2D eigenvalue weighted by molar-refractivity contribution is 7.91. The molecule has 4 rings (SSSR count). The van der Waals surface area contributed by atoms with E-state index in [0.717, 1.165) is 31.2 Å². The van der Waals surface area contributed by atoms with Crippen molar-refractivity contribution < 1.29 is 13.2 Å². The largest absolute Gasteiger partial charge is 0.365 e. The lowest BCUT2D eigenvalue weighted by Gasteiger charge is -2.26. The van der Waals surface area contributed by atoms with E-state index in [1.165, 1.54) is 0 Å². The number of hydrogen-bond donors (Lipinski definition) is 2. The summed E-state index contributed by atoms with van der Waals surface area (Å²) in [5.74, 6) is -0.325. The van der Waals surface area contributed by atoms with E-state index in [2.05, 4.69) is 16.5 Å². The fourth-order valence-electron chi connectivity index (χ4n) is 4.06. The zero-order valence-corrected chi connectivity index (χ0v) is 16.1. The molecule has 1 fully saturated rings. The van der Waals surface area contributed by atoms with Crippen molar-refractivity contribution in [3.63, 3.8) is 0 Å². The average molecular weight is 399 g/mol. The molecule has 2 atom stereocenters. The summed E-state index contributed by atoms with van der Waals surface area (Å²) in [5.41, 5.74) is 7.17. The molecule has 1 amide bonds. The topological polar surface area (TPSA) is 131 Å². The first-order chi connectivity index (χ1) is 13.4. The molecule has 28 heavy (non-hydrogen) atoms. The molecule has 0 bridgehead atoms. The van der Waals surface area contributed by atoms with Crippen molar-refractivity contribution in [1.29, 1.82) is 5.26 Å². The van der Waals surface area contributed by atoms with Crippen molar-refractivity contribution in [2.45, 2.75) is 43.0 Å². The Morgan fingerprint density at radius 2 is 2.11 bits per heavy atom. The molecule has 2 aromatic rings. The van der Waals surface area contributed by atoms with E-state index >= 15 is 0 Å². The number of rotatable bonds is 4. The van der Waals surface area contributed by atoms with Crippen LogP contribution in [0.2, 0.25) is 0 Å². The van der Waals surface area contributed by atoms with Gasteiger partial charge in [-0.05, 0) is 43.0 Å². The van der Waals surface area contributed by atoms with Crippen LogP contribution in [0.25, 0.3) is 0 Å². The van der Waals surface area contributed by atoms with Crippen LogP contribution in [0.3, 0.4) is 0 Å². The first-order valence-electron chi connectivity index (χ1n) is 9.30. The highest BCUT2D eigenvalue weighted by atomic mass is 32.2. The van der Waals surface area contributed by atoms with Gasteiger partial charge in [-0.3, -0.25) is 9.48 Å². The maximum Gasteiger partial charge on any atom is 0.254 e. The summed E-state index contributed by atoms with van der Waals surface area (Å²) in [5, 5.41) is 17.0. The van der Waals surface area contributed by atoms with E-state index in [1.54, 1.807) is 29.1 Å². The van der Waals surface area contributed by atoms with Crippen LogP contribution in [0.15, 0.2) is 29.3 Å². The third-order valence-corrected chi connectivity index (χ3v) is 7.34. The third kappa shape index (κ3) is 3.24. The number of carbonyl (C=O) groups excluding carboxylic acids is 1. The first kappa shape index (κ1) is 18.5. The molecule has 3 N–H and O–H groups in total. The third-order valence-electron chi connectivity index (χ3n) is 5.53. The summed E-state index contributed by atoms with van der Waals surface area (Å²) in [7, 11) is -3.19. The van der Waals surface area contributed by atoms with E-state index in [0.29, 0.717) is 22.8 Å². The van der Waals surface area contributed by atoms with Gasteiger partial charge in [-0.2, -0.15) is 10.4 Å². The number of aryl methyl sites for hydroxylation is 1. The molecule has 1 aromatic heterocycles. The van der Waals surface area contributed by atoms with Crippen LogP contribution in [-0.2, 0) is 16.3 Å². The summed E-state index contributed by atoms with van der Waals surface area (Å²) >= 11 is 0. The quantitative estimate of drug-likeness (QED) is 0.811. The predicted molar refractivity (Wildman–Crippen MR) is 103 cm³/mol. The Labute approximate surface area is 163 Å². The Kier molecular flexibility index (Phi) is 4.59. The zero-order valence-electron chi connectivity index (χ0n) is 15.3. The van der Waals surface area contributed by atoms with Gasteiger partial charge in [0.05, 0.1) is 28.7 Å². The number of sulfone groups is 1. The number of benzene rings is 1. The molecule has 1 aliphatic heterocycles. The molecule has 8 nitrogen and oxygen atoms in total. The molecule has 0 saturated heterocycles. The summed E-state index contributed by atoms with van der Waals surface area (Å²) < 4.78 is 25.6. The van der Waals surface area contributed by atoms with Crippen molar-refractivity contribution in [2.75, 3.05) is 11.1 Å². The fraction of sp³-hybridized carbons (Fsp3) is 0.421. The fourth-order valence-corrected chi connectivity index (χ4v) is 5.60. The van der Waals surface area contributed by atoms with Gasteiger partial charge in [0, 0.05) is 11.9 Å². The number of anilines is 2.